The summed E-state index contributed by atoms with van der Waals surface area (Å²) in [5.74, 6) is 1.37. The summed E-state index contributed by atoms with van der Waals surface area (Å²) in [5, 5.41) is 5.33. The lowest BCUT2D eigenvalue weighted by Gasteiger charge is -2.37. The predicted molar refractivity (Wildman–Crippen MR) is 125 cm³/mol. The van der Waals surface area contributed by atoms with Crippen LogP contribution in [0.3, 0.4) is 0 Å². The molecular weight excluding hydrogens is 384 g/mol. The zero-order chi connectivity index (χ0) is 21.2. The highest BCUT2D eigenvalue weighted by molar-refractivity contribution is 5.98. The second-order valence-electron chi connectivity index (χ2n) is 8.97. The van der Waals surface area contributed by atoms with Gasteiger partial charge in [0.15, 0.2) is 0 Å². The third kappa shape index (κ3) is 4.31. The summed E-state index contributed by atoms with van der Waals surface area (Å²) in [6.45, 7) is 3.00. The molecule has 1 heterocycles. The van der Waals surface area contributed by atoms with Crippen LogP contribution in [-0.4, -0.2) is 43.6 Å². The maximum absolute atomic E-state index is 12.8. The number of nitrogens with zero attached hydrogens (tertiary/aromatic N) is 1. The van der Waals surface area contributed by atoms with Crippen molar-refractivity contribution in [3.63, 3.8) is 0 Å². The van der Waals surface area contributed by atoms with E-state index in [1.807, 2.05) is 36.4 Å². The van der Waals surface area contributed by atoms with E-state index in [1.54, 1.807) is 7.11 Å². The van der Waals surface area contributed by atoms with E-state index in [2.05, 4.69) is 34.5 Å². The molecule has 160 valence electrons. The largest absolute Gasteiger partial charge is 0.497 e. The number of methoxy groups -OCH3 is 1. The van der Waals surface area contributed by atoms with E-state index in [4.69, 9.17) is 4.74 Å². The Morgan fingerprint density at radius 3 is 2.55 bits per heavy atom. The van der Waals surface area contributed by atoms with E-state index in [9.17, 15) is 4.79 Å². The lowest BCUT2D eigenvalue weighted by atomic mass is 9.95. The Balaban J connectivity index is 1.18. The van der Waals surface area contributed by atoms with Gasteiger partial charge in [0.1, 0.15) is 5.75 Å². The van der Waals surface area contributed by atoms with Crippen LogP contribution in [-0.2, 0) is 12.8 Å². The van der Waals surface area contributed by atoms with E-state index in [1.165, 1.54) is 30.5 Å². The molecule has 0 radical (unpaired) electrons. The van der Waals surface area contributed by atoms with Gasteiger partial charge >= 0.3 is 0 Å². The first-order valence-corrected chi connectivity index (χ1v) is 11.4. The fourth-order valence-corrected chi connectivity index (χ4v) is 5.22. The van der Waals surface area contributed by atoms with Gasteiger partial charge in [-0.3, -0.25) is 9.69 Å². The monoisotopic (exact) mass is 414 g/mol. The fraction of sp³-hybridized carbons (Fsp3) is 0.370. The maximum atomic E-state index is 12.8. The van der Waals surface area contributed by atoms with Crippen LogP contribution in [0.1, 0.15) is 34.3 Å². The minimum atomic E-state index is 0.0168. The van der Waals surface area contributed by atoms with Crippen LogP contribution < -0.4 is 10.1 Å². The third-order valence-corrected chi connectivity index (χ3v) is 6.96. The first-order chi connectivity index (χ1) is 15.2. The summed E-state index contributed by atoms with van der Waals surface area (Å²) in [7, 11) is 1.67. The first-order valence-electron chi connectivity index (χ1n) is 11.4. The smallest absolute Gasteiger partial charge is 0.251 e. The summed E-state index contributed by atoms with van der Waals surface area (Å²) in [6, 6.07) is 21.3. The van der Waals surface area contributed by atoms with Gasteiger partial charge in [0, 0.05) is 24.7 Å². The third-order valence-electron chi connectivity index (χ3n) is 6.96. The number of hydrogen-bond acceptors (Lipinski definition) is 3. The predicted octanol–water partition coefficient (Wildman–Crippen LogP) is 4.46. The van der Waals surface area contributed by atoms with Crippen molar-refractivity contribution in [1.29, 1.82) is 0 Å². The molecule has 1 atom stereocenters. The standard InChI is InChI=1S/C27H30N2O2/c1-31-26-11-10-22-13-24(9-8-23(22)16-26)27(30)28-17-19-5-4-12-29(18-19)25-14-20-6-2-3-7-21(20)15-25/h2-3,6-11,13,16,19,25H,4-5,12,14-15,17-18H2,1H3,(H,28,30). The van der Waals surface area contributed by atoms with E-state index in [0.29, 0.717) is 12.0 Å². The number of piperidine rings is 1. The molecule has 3 aromatic carbocycles. The Kier molecular flexibility index (Phi) is 5.65. The lowest BCUT2D eigenvalue weighted by molar-refractivity contribution is 0.0915. The zero-order valence-corrected chi connectivity index (χ0v) is 18.1. The van der Waals surface area contributed by atoms with Crippen LogP contribution in [0.2, 0.25) is 0 Å². The molecule has 1 amide bonds. The number of amides is 1. The van der Waals surface area contributed by atoms with Crippen LogP contribution in [0.15, 0.2) is 60.7 Å². The minimum absolute atomic E-state index is 0.0168. The molecule has 0 spiro atoms. The molecule has 31 heavy (non-hydrogen) atoms. The second-order valence-corrected chi connectivity index (χ2v) is 8.97. The van der Waals surface area contributed by atoms with Crippen molar-refractivity contribution in [2.75, 3.05) is 26.7 Å². The molecule has 1 aliphatic carbocycles. The summed E-state index contributed by atoms with van der Waals surface area (Å²) >= 11 is 0. The lowest BCUT2D eigenvalue weighted by Crippen LogP contribution is -2.46. The van der Waals surface area contributed by atoms with E-state index >= 15 is 0 Å². The molecule has 1 unspecified atom stereocenters. The van der Waals surface area contributed by atoms with E-state index < -0.39 is 0 Å². The van der Waals surface area contributed by atoms with E-state index in [-0.39, 0.29) is 5.91 Å². The molecule has 1 fully saturated rings. The van der Waals surface area contributed by atoms with E-state index in [0.717, 1.165) is 48.0 Å². The molecule has 4 heteroatoms. The van der Waals surface area contributed by atoms with Crippen molar-refractivity contribution in [2.24, 2.45) is 5.92 Å². The number of nitrogens with one attached hydrogen (secondary N) is 1. The Morgan fingerprint density at radius 1 is 1.03 bits per heavy atom. The summed E-state index contributed by atoms with van der Waals surface area (Å²) < 4.78 is 5.29. The van der Waals surface area contributed by atoms with Gasteiger partial charge in [0.25, 0.3) is 5.91 Å². The van der Waals surface area contributed by atoms with Crippen molar-refractivity contribution in [2.45, 2.75) is 31.7 Å². The van der Waals surface area contributed by atoms with Crippen LogP contribution >= 0.6 is 0 Å². The number of hydrogen-bond donors (Lipinski definition) is 1. The molecule has 1 saturated heterocycles. The Bertz CT molecular complexity index is 1070. The maximum Gasteiger partial charge on any atom is 0.251 e. The molecule has 0 bridgehead atoms. The van der Waals surface area contributed by atoms with Crippen molar-refractivity contribution >= 4 is 16.7 Å². The molecular formula is C27H30N2O2. The Morgan fingerprint density at radius 2 is 1.77 bits per heavy atom. The van der Waals surface area contributed by atoms with Gasteiger partial charge in [-0.05, 0) is 84.3 Å². The highest BCUT2D eigenvalue weighted by Crippen LogP contribution is 2.28. The fourth-order valence-electron chi connectivity index (χ4n) is 5.22. The van der Waals surface area contributed by atoms with Crippen molar-refractivity contribution < 1.29 is 9.53 Å². The number of fused-ring (bicyclic) bond motifs is 2. The normalized spacial score (nSPS) is 19.3. The SMILES string of the molecule is COc1ccc2cc(C(=O)NCC3CCCN(C4Cc5ccccc5C4)C3)ccc2c1. The number of rotatable bonds is 5. The van der Waals surface area contributed by atoms with Crippen molar-refractivity contribution in [1.82, 2.24) is 10.2 Å². The second kappa shape index (κ2) is 8.72. The quantitative estimate of drug-likeness (QED) is 0.670. The van der Waals surface area contributed by atoms with Gasteiger partial charge in [-0.1, -0.05) is 36.4 Å². The average Bonchev–Trinajstić information content (AvgIpc) is 3.26. The number of benzene rings is 3. The van der Waals surface area contributed by atoms with Crippen LogP contribution in [0.25, 0.3) is 10.8 Å². The van der Waals surface area contributed by atoms with Crippen LogP contribution in [0, 0.1) is 5.92 Å². The number of carbonyl (C=O) groups excluding carboxylic acids is 1. The van der Waals surface area contributed by atoms with Gasteiger partial charge < -0.3 is 10.1 Å². The van der Waals surface area contributed by atoms with Gasteiger partial charge in [-0.15, -0.1) is 0 Å². The molecule has 1 aliphatic heterocycles. The van der Waals surface area contributed by atoms with Crippen molar-refractivity contribution in [3.05, 3.63) is 77.4 Å². The molecule has 1 N–H and O–H groups in total. The minimum Gasteiger partial charge on any atom is -0.497 e. The zero-order valence-electron chi connectivity index (χ0n) is 18.1. The van der Waals surface area contributed by atoms with Crippen LogP contribution in [0.4, 0.5) is 0 Å². The highest BCUT2D eigenvalue weighted by atomic mass is 16.5. The number of carbonyl (C=O) groups is 1. The van der Waals surface area contributed by atoms with Gasteiger partial charge in [0.05, 0.1) is 7.11 Å². The van der Waals surface area contributed by atoms with Gasteiger partial charge in [-0.2, -0.15) is 0 Å². The number of likely N-dealkylation sites (tertiary alicyclic amines) is 1. The molecule has 4 nitrogen and oxygen atoms in total. The molecule has 0 saturated carbocycles. The van der Waals surface area contributed by atoms with Gasteiger partial charge in [-0.25, -0.2) is 0 Å². The molecule has 3 aromatic rings. The molecule has 2 aliphatic rings. The van der Waals surface area contributed by atoms with Crippen LogP contribution in [0.5, 0.6) is 5.75 Å². The summed E-state index contributed by atoms with van der Waals surface area (Å²) in [4.78, 5) is 15.4. The summed E-state index contributed by atoms with van der Waals surface area (Å²) in [5.41, 5.74) is 3.74. The highest BCUT2D eigenvalue weighted by Gasteiger charge is 2.30. The topological polar surface area (TPSA) is 41.6 Å². The summed E-state index contributed by atoms with van der Waals surface area (Å²) in [6.07, 6.45) is 4.73. The molecule has 5 rings (SSSR count). The van der Waals surface area contributed by atoms with Gasteiger partial charge in [0.2, 0.25) is 0 Å². The van der Waals surface area contributed by atoms with Crippen molar-refractivity contribution in [3.8, 4) is 5.75 Å². The average molecular weight is 415 g/mol. The number of ether oxygens (including phenoxy) is 1. The Hall–Kier alpha value is -2.85. The molecule has 0 aromatic heterocycles. The Labute approximate surface area is 184 Å². The first kappa shape index (κ1) is 20.1.